The number of thioether (sulfide) groups is 1. The van der Waals surface area contributed by atoms with Crippen molar-refractivity contribution in [1.82, 2.24) is 30.7 Å². The zero-order valence-corrected chi connectivity index (χ0v) is 38.1. The lowest BCUT2D eigenvalue weighted by Crippen LogP contribution is -2.60. The van der Waals surface area contributed by atoms with Gasteiger partial charge in [0.1, 0.15) is 36.8 Å². The molecule has 0 saturated carbocycles. The Morgan fingerprint density at radius 3 is 2.29 bits per heavy atom. The van der Waals surface area contributed by atoms with E-state index in [2.05, 4.69) is 20.9 Å². The van der Waals surface area contributed by atoms with Crippen LogP contribution in [-0.4, -0.2) is 166 Å². The number of carboxylic acids is 1. The van der Waals surface area contributed by atoms with Crippen molar-refractivity contribution in [2.45, 2.75) is 99.0 Å². The lowest BCUT2D eigenvalue weighted by atomic mass is 9.85. The number of aliphatic imine (C=N–C) groups is 1. The molecule has 0 radical (unpaired) electrons. The summed E-state index contributed by atoms with van der Waals surface area (Å²) >= 11 is 1.25. The highest BCUT2D eigenvalue weighted by Crippen LogP contribution is 2.37. The standard InChI is InChI=1S/C44H64N12O9S/c1-28(57)37(39(62)51-32-26-66-34-15-6-5-14-33(34)56(41(32)64)25-36(59)60)52-35(58)24-54-27-55(21-16-29-10-3-2-4-11-29)44(42(54)65)17-22-53(23-18-44)40(63)31(13-9-20-49-43(47)48)50-38(61)30(46)12-7-8-19-45/h2-6,10-11,14-15,28,30-32,37,57H,7-9,12-13,16-27,45-46H2,1H3,(H,50,61)(H,51,62)(H,52,58)(H,59,60)(H4,47,48,49)/t28-,30+,31+,32-,37+/m1/s1. The second-order valence-corrected chi connectivity index (χ2v) is 17.9. The summed E-state index contributed by atoms with van der Waals surface area (Å²) in [6.07, 6.45) is 2.02. The van der Waals surface area contributed by atoms with E-state index in [1.807, 2.05) is 35.2 Å². The van der Waals surface area contributed by atoms with Gasteiger partial charge >= 0.3 is 5.97 Å². The number of nitrogens with one attached hydrogen (secondary N) is 3. The van der Waals surface area contributed by atoms with Crippen molar-refractivity contribution in [3.63, 3.8) is 0 Å². The Kier molecular flexibility index (Phi) is 18.7. The molecule has 21 nitrogen and oxygen atoms in total. The fourth-order valence-electron chi connectivity index (χ4n) is 8.49. The summed E-state index contributed by atoms with van der Waals surface area (Å²) in [7, 11) is 0. The van der Waals surface area contributed by atoms with Gasteiger partial charge in [-0.25, -0.2) is 0 Å². The number of rotatable bonds is 22. The predicted octanol–water partition coefficient (Wildman–Crippen LogP) is -1.74. The highest BCUT2D eigenvalue weighted by Gasteiger charge is 2.54. The third kappa shape index (κ3) is 13.4. The minimum Gasteiger partial charge on any atom is -0.480 e. The molecule has 66 heavy (non-hydrogen) atoms. The molecule has 0 bridgehead atoms. The summed E-state index contributed by atoms with van der Waals surface area (Å²) in [5, 5.41) is 28.3. The van der Waals surface area contributed by atoms with Gasteiger partial charge in [0.25, 0.3) is 5.91 Å². The van der Waals surface area contributed by atoms with Crippen molar-refractivity contribution < 1.29 is 43.8 Å². The number of carbonyl (C=O) groups excluding carboxylic acids is 6. The molecule has 2 aromatic rings. The lowest BCUT2D eigenvalue weighted by molar-refractivity contribution is -0.144. The Morgan fingerprint density at radius 1 is 0.924 bits per heavy atom. The Hall–Kier alpha value is -5.81. The third-order valence-electron chi connectivity index (χ3n) is 12.1. The van der Waals surface area contributed by atoms with E-state index in [-0.39, 0.29) is 69.1 Å². The van der Waals surface area contributed by atoms with E-state index in [1.54, 1.807) is 29.2 Å². The molecule has 360 valence electrons. The maximum atomic E-state index is 14.6. The van der Waals surface area contributed by atoms with Crippen molar-refractivity contribution >= 4 is 64.8 Å². The maximum Gasteiger partial charge on any atom is 0.323 e. The molecule has 2 aromatic carbocycles. The minimum absolute atomic E-state index is 0.0584. The number of aliphatic hydroxyl groups excluding tert-OH is 1. The SMILES string of the molecule is C[C@@H](O)[C@H](NC(=O)CN1CN(CCc2ccccc2)C2(CCN(C(=O)[C@H](CCCN=C(N)N)NC(=O)[C@@H](N)CCCCN)CC2)C1=O)C(=O)N[C@@H]1CSc2ccccc2N(CC(=O)O)C1=O. The van der Waals surface area contributed by atoms with Crippen molar-refractivity contribution in [2.24, 2.45) is 27.9 Å². The number of hydrogen-bond donors (Lipinski definition) is 9. The third-order valence-corrected chi connectivity index (χ3v) is 13.2. The monoisotopic (exact) mass is 936 g/mol. The molecule has 3 aliphatic heterocycles. The number of piperidine rings is 1. The van der Waals surface area contributed by atoms with Gasteiger partial charge in [0.05, 0.1) is 24.5 Å². The smallest absolute Gasteiger partial charge is 0.323 e. The number of carboxylic acid groups (broad SMARTS) is 1. The molecule has 22 heteroatoms. The van der Waals surface area contributed by atoms with E-state index in [4.69, 9.17) is 22.9 Å². The van der Waals surface area contributed by atoms with Gasteiger partial charge in [-0.3, -0.25) is 48.4 Å². The van der Waals surface area contributed by atoms with Crippen molar-refractivity contribution in [3.05, 3.63) is 60.2 Å². The fraction of sp³-hybridized carbons (Fsp3) is 0.545. The number of aliphatic carboxylic acids is 1. The summed E-state index contributed by atoms with van der Waals surface area (Å²) in [6.45, 7) is 1.76. The number of hydrogen-bond acceptors (Lipinski definition) is 13. The lowest BCUT2D eigenvalue weighted by Gasteiger charge is -2.43. The second-order valence-electron chi connectivity index (χ2n) is 16.8. The van der Waals surface area contributed by atoms with Crippen molar-refractivity contribution in [2.75, 3.05) is 63.1 Å². The molecule has 2 fully saturated rings. The van der Waals surface area contributed by atoms with Gasteiger partial charge in [0.15, 0.2) is 5.96 Å². The Bertz CT molecular complexity index is 2070. The van der Waals surface area contributed by atoms with Crippen LogP contribution in [0.15, 0.2) is 64.5 Å². The van der Waals surface area contributed by atoms with E-state index in [0.717, 1.165) is 10.5 Å². The van der Waals surface area contributed by atoms with Gasteiger partial charge in [0.2, 0.25) is 29.5 Å². The van der Waals surface area contributed by atoms with Gasteiger partial charge < -0.3 is 58.9 Å². The minimum atomic E-state index is -1.53. The van der Waals surface area contributed by atoms with Crippen LogP contribution in [0.2, 0.25) is 0 Å². The molecule has 5 rings (SSSR count). The molecule has 2 saturated heterocycles. The highest BCUT2D eigenvalue weighted by molar-refractivity contribution is 7.99. The number of para-hydroxylation sites is 1. The van der Waals surface area contributed by atoms with Crippen LogP contribution in [0.4, 0.5) is 5.69 Å². The van der Waals surface area contributed by atoms with Crippen LogP contribution in [-0.2, 0) is 40.0 Å². The number of likely N-dealkylation sites (tertiary alicyclic amines) is 1. The van der Waals surface area contributed by atoms with Gasteiger partial charge in [-0.05, 0) is 76.1 Å². The van der Waals surface area contributed by atoms with Crippen LogP contribution in [0.3, 0.4) is 0 Å². The molecule has 0 unspecified atom stereocenters. The van der Waals surface area contributed by atoms with Crippen LogP contribution in [0.1, 0.15) is 57.4 Å². The first kappa shape index (κ1) is 51.2. The first-order chi connectivity index (χ1) is 31.5. The number of nitrogens with zero attached hydrogens (tertiary/aromatic N) is 5. The van der Waals surface area contributed by atoms with Crippen LogP contribution < -0.4 is 43.8 Å². The fourth-order valence-corrected chi connectivity index (χ4v) is 9.56. The van der Waals surface area contributed by atoms with Crippen LogP contribution in [0.5, 0.6) is 0 Å². The van der Waals surface area contributed by atoms with E-state index in [0.29, 0.717) is 55.8 Å². The summed E-state index contributed by atoms with van der Waals surface area (Å²) in [4.78, 5) is 105. The second kappa shape index (κ2) is 24.1. The number of nitrogens with two attached hydrogens (primary N) is 4. The molecule has 3 heterocycles. The number of aliphatic hydroxyl groups is 1. The van der Waals surface area contributed by atoms with Crippen molar-refractivity contribution in [3.8, 4) is 0 Å². The number of carbonyl (C=O) groups is 7. The molecule has 5 atom stereocenters. The predicted molar refractivity (Wildman–Crippen MR) is 247 cm³/mol. The average Bonchev–Trinajstić information content (AvgIpc) is 3.45. The van der Waals surface area contributed by atoms with Crippen molar-refractivity contribution in [1.29, 1.82) is 0 Å². The average molecular weight is 937 g/mol. The summed E-state index contributed by atoms with van der Waals surface area (Å²) in [5.41, 5.74) is 23.1. The van der Waals surface area contributed by atoms with E-state index in [9.17, 15) is 43.8 Å². The number of anilines is 1. The molecule has 13 N–H and O–H groups in total. The van der Waals surface area contributed by atoms with Crippen LogP contribution in [0.25, 0.3) is 0 Å². The molecule has 1 spiro atoms. The van der Waals surface area contributed by atoms with E-state index >= 15 is 0 Å². The molecule has 0 aliphatic carbocycles. The normalized spacial score (nSPS) is 19.0. The summed E-state index contributed by atoms with van der Waals surface area (Å²) < 4.78 is 0. The number of fused-ring (bicyclic) bond motifs is 1. The van der Waals surface area contributed by atoms with Gasteiger partial charge in [-0.2, -0.15) is 0 Å². The topological polar surface area (TPSA) is 325 Å². The maximum absolute atomic E-state index is 14.6. The highest BCUT2D eigenvalue weighted by atomic mass is 32.2. The first-order valence-electron chi connectivity index (χ1n) is 22.3. The van der Waals surface area contributed by atoms with Gasteiger partial charge in [-0.15, -0.1) is 11.8 Å². The Labute approximate surface area is 388 Å². The largest absolute Gasteiger partial charge is 0.480 e. The zero-order valence-electron chi connectivity index (χ0n) is 37.3. The summed E-state index contributed by atoms with van der Waals surface area (Å²) in [6, 6.07) is 12.0. The molecule has 3 aliphatic rings. The summed E-state index contributed by atoms with van der Waals surface area (Å²) in [5.74, 6) is -4.70. The number of unbranched alkanes of at least 4 members (excludes halogenated alkanes) is 1. The Morgan fingerprint density at radius 2 is 1.62 bits per heavy atom. The van der Waals surface area contributed by atoms with E-state index < -0.39 is 78.5 Å². The number of benzene rings is 2. The van der Waals surface area contributed by atoms with E-state index in [1.165, 1.54) is 23.6 Å². The Balaban J connectivity index is 1.27. The molecular weight excluding hydrogens is 873 g/mol. The molecule has 6 amide bonds. The first-order valence-corrected chi connectivity index (χ1v) is 23.2. The number of amides is 6. The molecular formula is C44H64N12O9S. The zero-order chi connectivity index (χ0) is 48.0. The van der Waals surface area contributed by atoms with Gasteiger partial charge in [-0.1, -0.05) is 48.9 Å². The molecule has 0 aromatic heterocycles. The van der Waals surface area contributed by atoms with Gasteiger partial charge in [0, 0.05) is 36.8 Å². The van der Waals surface area contributed by atoms with Crippen LogP contribution in [0, 0.1) is 0 Å². The van der Waals surface area contributed by atoms with Crippen LogP contribution >= 0.6 is 11.8 Å². The quantitative estimate of drug-likeness (QED) is 0.0360. The number of guanidine groups is 1.